The molecule has 1 N–H and O–H groups in total. The summed E-state index contributed by atoms with van der Waals surface area (Å²) in [6.45, 7) is 4.27. The van der Waals surface area contributed by atoms with Gasteiger partial charge in [0, 0.05) is 12.6 Å². The predicted octanol–water partition coefficient (Wildman–Crippen LogP) is -0.0608. The summed E-state index contributed by atoms with van der Waals surface area (Å²) in [5.74, 6) is -1.56. The summed E-state index contributed by atoms with van der Waals surface area (Å²) < 4.78 is 0. The normalized spacial score (nSPS) is 24.1. The van der Waals surface area contributed by atoms with Gasteiger partial charge in [-0.2, -0.15) is 0 Å². The number of nitrogens with one attached hydrogen (secondary N) is 1. The van der Waals surface area contributed by atoms with Crippen molar-refractivity contribution < 1.29 is 14.4 Å². The smallest absolute Gasteiger partial charge is 0.299 e. The van der Waals surface area contributed by atoms with Crippen molar-refractivity contribution in [3.63, 3.8) is 0 Å². The molecule has 2 heterocycles. The molecule has 0 bridgehead atoms. The Labute approximate surface area is 99.9 Å². The third-order valence-corrected chi connectivity index (χ3v) is 3.37. The molecule has 2 rings (SSSR count). The molecule has 6 heteroatoms. The Hall–Kier alpha value is -1.43. The van der Waals surface area contributed by atoms with E-state index in [0.29, 0.717) is 0 Å². The van der Waals surface area contributed by atoms with E-state index >= 15 is 0 Å². The standard InChI is InChI=1S/C11H17N3O3/c1-8(13-5-3-2-4-6-13)7-14-10(16)9(15)12-11(14)17/h8H,2-7H2,1H3,(H,12,15,17). The predicted molar refractivity (Wildman–Crippen MR) is 60.1 cm³/mol. The molecule has 0 spiro atoms. The molecule has 0 aliphatic carbocycles. The maximum Gasteiger partial charge on any atom is 0.331 e. The van der Waals surface area contributed by atoms with E-state index in [9.17, 15) is 14.4 Å². The van der Waals surface area contributed by atoms with Crippen LogP contribution >= 0.6 is 0 Å². The number of imide groups is 2. The number of amides is 4. The van der Waals surface area contributed by atoms with Crippen LogP contribution in [0.15, 0.2) is 0 Å². The fourth-order valence-electron chi connectivity index (χ4n) is 2.34. The monoisotopic (exact) mass is 239 g/mol. The van der Waals surface area contributed by atoms with E-state index in [2.05, 4.69) is 4.90 Å². The van der Waals surface area contributed by atoms with Crippen molar-refractivity contribution in [2.75, 3.05) is 19.6 Å². The summed E-state index contributed by atoms with van der Waals surface area (Å²) >= 11 is 0. The number of likely N-dealkylation sites (tertiary alicyclic amines) is 1. The van der Waals surface area contributed by atoms with Gasteiger partial charge in [0.25, 0.3) is 0 Å². The maximum absolute atomic E-state index is 11.4. The van der Waals surface area contributed by atoms with Gasteiger partial charge in [-0.1, -0.05) is 6.42 Å². The quantitative estimate of drug-likeness (QED) is 0.553. The Balaban J connectivity index is 1.93. The second-order valence-electron chi connectivity index (χ2n) is 4.62. The summed E-state index contributed by atoms with van der Waals surface area (Å²) in [5, 5.41) is 2.00. The number of piperidine rings is 1. The SMILES string of the molecule is CC(CN1C(=O)NC(=O)C1=O)N1CCCCC1. The van der Waals surface area contributed by atoms with Gasteiger partial charge in [0.2, 0.25) is 0 Å². The minimum atomic E-state index is -0.819. The van der Waals surface area contributed by atoms with Gasteiger partial charge >= 0.3 is 17.8 Å². The highest BCUT2D eigenvalue weighted by Crippen LogP contribution is 2.13. The molecule has 4 amide bonds. The summed E-state index contributed by atoms with van der Waals surface area (Å²) in [6, 6.07) is -0.486. The zero-order valence-electron chi connectivity index (χ0n) is 9.94. The topological polar surface area (TPSA) is 69.7 Å². The van der Waals surface area contributed by atoms with Crippen LogP contribution in [0.25, 0.3) is 0 Å². The Morgan fingerprint density at radius 2 is 1.82 bits per heavy atom. The number of carbonyl (C=O) groups excluding carboxylic acids is 3. The molecule has 1 atom stereocenters. The van der Waals surface area contributed by atoms with Crippen LogP contribution in [0.2, 0.25) is 0 Å². The molecular weight excluding hydrogens is 222 g/mol. The average molecular weight is 239 g/mol. The van der Waals surface area contributed by atoms with Crippen molar-refractivity contribution in [3.05, 3.63) is 0 Å². The summed E-state index contributed by atoms with van der Waals surface area (Å²) in [4.78, 5) is 37.1. The molecule has 0 radical (unpaired) electrons. The van der Waals surface area contributed by atoms with Gasteiger partial charge in [-0.3, -0.25) is 24.7 Å². The van der Waals surface area contributed by atoms with Gasteiger partial charge in [0.1, 0.15) is 0 Å². The molecule has 17 heavy (non-hydrogen) atoms. The third kappa shape index (κ3) is 2.46. The lowest BCUT2D eigenvalue weighted by atomic mass is 10.1. The molecule has 0 saturated carbocycles. The lowest BCUT2D eigenvalue weighted by Gasteiger charge is -2.33. The van der Waals surface area contributed by atoms with Gasteiger partial charge in [-0.15, -0.1) is 0 Å². The Morgan fingerprint density at radius 1 is 1.18 bits per heavy atom. The number of urea groups is 1. The first kappa shape index (κ1) is 12.0. The fourth-order valence-corrected chi connectivity index (χ4v) is 2.34. The number of hydrogen-bond acceptors (Lipinski definition) is 4. The van der Waals surface area contributed by atoms with E-state index in [-0.39, 0.29) is 12.6 Å². The van der Waals surface area contributed by atoms with Crippen LogP contribution in [0.5, 0.6) is 0 Å². The van der Waals surface area contributed by atoms with Crippen molar-refractivity contribution >= 4 is 17.8 Å². The first-order valence-corrected chi connectivity index (χ1v) is 6.00. The van der Waals surface area contributed by atoms with Crippen LogP contribution in [0.4, 0.5) is 4.79 Å². The number of hydrogen-bond donors (Lipinski definition) is 1. The van der Waals surface area contributed by atoms with E-state index in [1.165, 1.54) is 6.42 Å². The van der Waals surface area contributed by atoms with Crippen molar-refractivity contribution in [1.29, 1.82) is 0 Å². The summed E-state index contributed by atoms with van der Waals surface area (Å²) in [5.41, 5.74) is 0. The molecule has 2 fully saturated rings. The summed E-state index contributed by atoms with van der Waals surface area (Å²) in [7, 11) is 0. The van der Waals surface area contributed by atoms with Crippen LogP contribution in [0, 0.1) is 0 Å². The zero-order chi connectivity index (χ0) is 12.4. The van der Waals surface area contributed by atoms with Crippen molar-refractivity contribution in [3.8, 4) is 0 Å². The molecule has 2 saturated heterocycles. The van der Waals surface area contributed by atoms with E-state index in [1.54, 1.807) is 0 Å². The summed E-state index contributed by atoms with van der Waals surface area (Å²) in [6.07, 6.45) is 3.55. The highest BCUT2D eigenvalue weighted by atomic mass is 16.2. The molecule has 94 valence electrons. The molecule has 0 aromatic carbocycles. The molecule has 2 aliphatic rings. The average Bonchev–Trinajstić information content (AvgIpc) is 2.57. The Morgan fingerprint density at radius 3 is 2.35 bits per heavy atom. The van der Waals surface area contributed by atoms with E-state index in [4.69, 9.17) is 0 Å². The van der Waals surface area contributed by atoms with Crippen molar-refractivity contribution in [2.24, 2.45) is 0 Å². The molecule has 0 aromatic heterocycles. The first-order valence-electron chi connectivity index (χ1n) is 6.00. The molecule has 1 unspecified atom stereocenters. The first-order chi connectivity index (χ1) is 8.09. The second kappa shape index (κ2) is 4.83. The maximum atomic E-state index is 11.4. The fraction of sp³-hybridized carbons (Fsp3) is 0.727. The molecule has 0 aromatic rings. The molecule has 6 nitrogen and oxygen atoms in total. The zero-order valence-corrected chi connectivity index (χ0v) is 9.94. The van der Waals surface area contributed by atoms with E-state index in [1.807, 2.05) is 12.2 Å². The number of carbonyl (C=O) groups is 3. The Bertz CT molecular complexity index is 350. The van der Waals surface area contributed by atoms with Gasteiger partial charge in [-0.05, 0) is 32.9 Å². The number of nitrogens with zero attached hydrogens (tertiary/aromatic N) is 2. The van der Waals surface area contributed by atoms with Crippen LogP contribution < -0.4 is 5.32 Å². The largest absolute Gasteiger partial charge is 0.331 e. The van der Waals surface area contributed by atoms with Crippen molar-refractivity contribution in [1.82, 2.24) is 15.1 Å². The van der Waals surface area contributed by atoms with Gasteiger partial charge in [-0.25, -0.2) is 4.79 Å². The van der Waals surface area contributed by atoms with E-state index < -0.39 is 17.8 Å². The van der Waals surface area contributed by atoms with Gasteiger partial charge in [0.05, 0.1) is 0 Å². The van der Waals surface area contributed by atoms with Crippen LogP contribution in [0.3, 0.4) is 0 Å². The minimum absolute atomic E-state index is 0.107. The Kier molecular flexibility index (Phi) is 3.42. The van der Waals surface area contributed by atoms with Gasteiger partial charge < -0.3 is 0 Å². The second-order valence-corrected chi connectivity index (χ2v) is 4.62. The van der Waals surface area contributed by atoms with Crippen LogP contribution in [-0.2, 0) is 9.59 Å². The van der Waals surface area contributed by atoms with Crippen LogP contribution in [-0.4, -0.2) is 53.3 Å². The van der Waals surface area contributed by atoms with Gasteiger partial charge in [0.15, 0.2) is 0 Å². The third-order valence-electron chi connectivity index (χ3n) is 3.37. The minimum Gasteiger partial charge on any atom is -0.299 e. The van der Waals surface area contributed by atoms with E-state index in [0.717, 1.165) is 30.8 Å². The highest BCUT2D eigenvalue weighted by molar-refractivity contribution is 6.44. The molecule has 2 aliphatic heterocycles. The van der Waals surface area contributed by atoms with Crippen molar-refractivity contribution in [2.45, 2.75) is 32.2 Å². The lowest BCUT2D eigenvalue weighted by molar-refractivity contribution is -0.140. The lowest BCUT2D eigenvalue weighted by Crippen LogP contribution is -2.46. The number of rotatable bonds is 3. The van der Waals surface area contributed by atoms with Crippen LogP contribution in [0.1, 0.15) is 26.2 Å². The molecular formula is C11H17N3O3. The highest BCUT2D eigenvalue weighted by Gasteiger charge is 2.38.